The van der Waals surface area contributed by atoms with Gasteiger partial charge < -0.3 is 9.88 Å². The first-order valence-corrected chi connectivity index (χ1v) is 10.7. The molecule has 0 fully saturated rings. The van der Waals surface area contributed by atoms with Crippen molar-refractivity contribution >= 4 is 54.7 Å². The summed E-state index contributed by atoms with van der Waals surface area (Å²) in [6, 6.07) is 20.1. The van der Waals surface area contributed by atoms with E-state index >= 15 is 0 Å². The van der Waals surface area contributed by atoms with E-state index < -0.39 is 0 Å². The van der Waals surface area contributed by atoms with Crippen molar-refractivity contribution in [2.75, 3.05) is 5.32 Å². The van der Waals surface area contributed by atoms with Crippen LogP contribution in [0.3, 0.4) is 0 Å². The van der Waals surface area contributed by atoms with Crippen LogP contribution in [-0.4, -0.2) is 15.5 Å². The summed E-state index contributed by atoms with van der Waals surface area (Å²) in [5.41, 5.74) is 4.69. The highest BCUT2D eigenvalue weighted by Gasteiger charge is 2.17. The van der Waals surface area contributed by atoms with E-state index in [0.29, 0.717) is 12.2 Å². The summed E-state index contributed by atoms with van der Waals surface area (Å²) in [5.74, 6) is -0.0973. The molecule has 0 saturated carbocycles. The van der Waals surface area contributed by atoms with Crippen LogP contribution in [0.2, 0.25) is 0 Å². The summed E-state index contributed by atoms with van der Waals surface area (Å²) in [7, 11) is 0. The van der Waals surface area contributed by atoms with Gasteiger partial charge in [-0.05, 0) is 48.2 Å². The molecule has 0 unspecified atom stereocenters. The lowest BCUT2D eigenvalue weighted by Gasteiger charge is -2.11. The Morgan fingerprint density at radius 3 is 2.79 bits per heavy atom. The van der Waals surface area contributed by atoms with Crippen molar-refractivity contribution in [2.24, 2.45) is 0 Å². The lowest BCUT2D eigenvalue weighted by atomic mass is 10.2. The number of carbonyl (C=O) groups is 1. The molecule has 1 amide bonds. The molecule has 0 bridgehead atoms. The maximum absolute atomic E-state index is 13.1. The van der Waals surface area contributed by atoms with Gasteiger partial charge in [-0.3, -0.25) is 4.79 Å². The number of thiazole rings is 1. The average molecular weight is 404 g/mol. The monoisotopic (exact) mass is 403 g/mol. The highest BCUT2D eigenvalue weighted by molar-refractivity contribution is 7.18. The van der Waals surface area contributed by atoms with Gasteiger partial charge in [0.15, 0.2) is 0 Å². The van der Waals surface area contributed by atoms with E-state index in [2.05, 4.69) is 38.4 Å². The van der Waals surface area contributed by atoms with Crippen LogP contribution in [0.4, 0.5) is 5.69 Å². The molecule has 138 valence electrons. The first kappa shape index (κ1) is 17.2. The van der Waals surface area contributed by atoms with Gasteiger partial charge in [0, 0.05) is 12.2 Å². The molecule has 0 aliphatic heterocycles. The molecule has 0 atom stereocenters. The molecule has 2 aromatic carbocycles. The zero-order chi connectivity index (χ0) is 19.1. The van der Waals surface area contributed by atoms with Crippen molar-refractivity contribution in [1.82, 2.24) is 9.55 Å². The number of hydrogen-bond acceptors (Lipinski definition) is 4. The van der Waals surface area contributed by atoms with Crippen LogP contribution in [0.15, 0.2) is 66.0 Å². The van der Waals surface area contributed by atoms with Gasteiger partial charge in [-0.15, -0.1) is 22.7 Å². The van der Waals surface area contributed by atoms with Crippen LogP contribution < -0.4 is 5.32 Å². The minimum absolute atomic E-state index is 0.0973. The fourth-order valence-corrected chi connectivity index (χ4v) is 5.10. The number of hydrogen-bond donors (Lipinski definition) is 1. The highest BCUT2D eigenvalue weighted by Crippen LogP contribution is 2.28. The Bertz CT molecular complexity index is 1300. The third kappa shape index (κ3) is 3.10. The standard InChI is InChI=1S/C22H17N3OS2/c1-14-23-17-8-7-16(11-20(17)28-14)24-22(26)19-12-21-18(9-10-27-21)25(19)13-15-5-3-2-4-6-15/h2-12H,13H2,1H3,(H,24,26). The number of nitrogens with one attached hydrogen (secondary N) is 1. The second-order valence-electron chi connectivity index (χ2n) is 6.64. The Morgan fingerprint density at radius 2 is 1.93 bits per heavy atom. The number of aryl methyl sites for hydroxylation is 1. The molecule has 6 heteroatoms. The topological polar surface area (TPSA) is 46.9 Å². The van der Waals surface area contributed by atoms with Crippen LogP contribution in [0.5, 0.6) is 0 Å². The van der Waals surface area contributed by atoms with E-state index in [0.717, 1.165) is 31.1 Å². The summed E-state index contributed by atoms with van der Waals surface area (Å²) in [6.45, 7) is 2.66. The van der Waals surface area contributed by atoms with Gasteiger partial charge in [0.05, 0.1) is 25.4 Å². The third-order valence-electron chi connectivity index (χ3n) is 4.69. The van der Waals surface area contributed by atoms with E-state index in [4.69, 9.17) is 0 Å². The molecule has 3 aromatic heterocycles. The van der Waals surface area contributed by atoms with Gasteiger partial charge in [-0.25, -0.2) is 4.98 Å². The zero-order valence-electron chi connectivity index (χ0n) is 15.2. The number of benzene rings is 2. The number of nitrogens with zero attached hydrogens (tertiary/aromatic N) is 2. The first-order valence-electron chi connectivity index (χ1n) is 8.96. The fraction of sp³-hybridized carbons (Fsp3) is 0.0909. The van der Waals surface area contributed by atoms with Gasteiger partial charge in [-0.2, -0.15) is 0 Å². The lowest BCUT2D eigenvalue weighted by molar-refractivity contribution is 0.101. The minimum Gasteiger partial charge on any atom is -0.331 e. The molecule has 4 nitrogen and oxygen atoms in total. The predicted molar refractivity (Wildman–Crippen MR) is 118 cm³/mol. The second-order valence-corrected chi connectivity index (χ2v) is 8.82. The Labute approximate surface area is 170 Å². The SMILES string of the molecule is Cc1nc2ccc(NC(=O)c3cc4sccc4n3Cc3ccccc3)cc2s1. The quantitative estimate of drug-likeness (QED) is 0.405. The summed E-state index contributed by atoms with van der Waals surface area (Å²) in [4.78, 5) is 17.6. The van der Waals surface area contributed by atoms with Crippen LogP contribution >= 0.6 is 22.7 Å². The van der Waals surface area contributed by atoms with Crippen molar-refractivity contribution in [1.29, 1.82) is 0 Å². The van der Waals surface area contributed by atoms with Gasteiger partial charge in [0.25, 0.3) is 5.91 Å². The molecule has 0 spiro atoms. The summed E-state index contributed by atoms with van der Waals surface area (Å²) >= 11 is 3.29. The third-order valence-corrected chi connectivity index (χ3v) is 6.48. The largest absolute Gasteiger partial charge is 0.331 e. The average Bonchev–Trinajstić information content (AvgIpc) is 3.37. The molecule has 5 rings (SSSR count). The molecule has 0 aliphatic carbocycles. The molecule has 0 radical (unpaired) electrons. The van der Waals surface area contributed by atoms with E-state index in [9.17, 15) is 4.79 Å². The maximum atomic E-state index is 13.1. The van der Waals surface area contributed by atoms with Gasteiger partial charge in [0.1, 0.15) is 5.69 Å². The first-order chi connectivity index (χ1) is 13.7. The molecule has 28 heavy (non-hydrogen) atoms. The number of fused-ring (bicyclic) bond motifs is 2. The number of anilines is 1. The van der Waals surface area contributed by atoms with Crippen LogP contribution in [0, 0.1) is 6.92 Å². The van der Waals surface area contributed by atoms with Crippen molar-refractivity contribution < 1.29 is 4.79 Å². The molecule has 0 saturated heterocycles. The van der Waals surface area contributed by atoms with E-state index in [1.54, 1.807) is 22.7 Å². The molecule has 1 N–H and O–H groups in total. The zero-order valence-corrected chi connectivity index (χ0v) is 16.8. The summed E-state index contributed by atoms with van der Waals surface area (Å²) in [5, 5.41) is 6.15. The highest BCUT2D eigenvalue weighted by atomic mass is 32.1. The van der Waals surface area contributed by atoms with Gasteiger partial charge in [0.2, 0.25) is 0 Å². The Morgan fingerprint density at radius 1 is 1.07 bits per heavy atom. The van der Waals surface area contributed by atoms with Crippen molar-refractivity contribution in [3.63, 3.8) is 0 Å². The normalized spacial score (nSPS) is 11.3. The number of thiophene rings is 1. The number of rotatable bonds is 4. The van der Waals surface area contributed by atoms with Crippen molar-refractivity contribution in [2.45, 2.75) is 13.5 Å². The number of amides is 1. The number of carbonyl (C=O) groups excluding carboxylic acids is 1. The molecule has 5 aromatic rings. The van der Waals surface area contributed by atoms with Crippen LogP contribution in [-0.2, 0) is 6.54 Å². The molecular weight excluding hydrogens is 386 g/mol. The van der Waals surface area contributed by atoms with Crippen molar-refractivity contribution in [3.8, 4) is 0 Å². The van der Waals surface area contributed by atoms with Crippen LogP contribution in [0.25, 0.3) is 20.4 Å². The lowest BCUT2D eigenvalue weighted by Crippen LogP contribution is -2.17. The number of aromatic nitrogens is 2. The molecular formula is C22H17N3OS2. The fourth-order valence-electron chi connectivity index (χ4n) is 3.41. The Balaban J connectivity index is 1.49. The second kappa shape index (κ2) is 6.89. The summed E-state index contributed by atoms with van der Waals surface area (Å²) in [6.07, 6.45) is 0. The van der Waals surface area contributed by atoms with Crippen molar-refractivity contribution in [3.05, 3.63) is 82.3 Å². The maximum Gasteiger partial charge on any atom is 0.272 e. The van der Waals surface area contributed by atoms with Gasteiger partial charge >= 0.3 is 0 Å². The van der Waals surface area contributed by atoms with E-state index in [1.807, 2.05) is 49.4 Å². The van der Waals surface area contributed by atoms with E-state index in [-0.39, 0.29) is 5.91 Å². The minimum atomic E-state index is -0.0973. The van der Waals surface area contributed by atoms with Gasteiger partial charge in [-0.1, -0.05) is 30.3 Å². The predicted octanol–water partition coefficient (Wildman–Crippen LogP) is 5.92. The Kier molecular flexibility index (Phi) is 4.22. The molecule has 0 aliphatic rings. The smallest absolute Gasteiger partial charge is 0.272 e. The molecule has 3 heterocycles. The van der Waals surface area contributed by atoms with E-state index in [1.165, 1.54) is 5.56 Å². The summed E-state index contributed by atoms with van der Waals surface area (Å²) < 4.78 is 4.29. The Hall–Kier alpha value is -2.96. The van der Waals surface area contributed by atoms with Crippen LogP contribution in [0.1, 0.15) is 21.1 Å².